The molecule has 1 aliphatic carbocycles. The van der Waals surface area contributed by atoms with E-state index in [0.717, 1.165) is 64.7 Å². The minimum atomic E-state index is -0.273. The van der Waals surface area contributed by atoms with Crippen molar-refractivity contribution in [2.75, 3.05) is 6.79 Å². The molecule has 0 spiro atoms. The number of amides is 1. The molecule has 0 saturated heterocycles. The van der Waals surface area contributed by atoms with Gasteiger partial charge >= 0.3 is 0 Å². The fourth-order valence-corrected chi connectivity index (χ4v) is 5.72. The first-order valence-electron chi connectivity index (χ1n) is 11.5. The molecule has 0 bridgehead atoms. The number of ether oxygens (including phenoxy) is 2. The van der Waals surface area contributed by atoms with Crippen molar-refractivity contribution in [3.05, 3.63) is 71.1 Å². The van der Waals surface area contributed by atoms with Crippen molar-refractivity contribution in [1.82, 2.24) is 14.3 Å². The van der Waals surface area contributed by atoms with Crippen LogP contribution in [0.4, 0.5) is 4.39 Å². The van der Waals surface area contributed by atoms with Gasteiger partial charge in [0.2, 0.25) is 12.7 Å². The lowest BCUT2D eigenvalue weighted by molar-refractivity contribution is -0.133. The first kappa shape index (κ1) is 21.2. The molecule has 1 amide bonds. The average molecular weight is 478 g/mol. The summed E-state index contributed by atoms with van der Waals surface area (Å²) >= 11 is 1.51. The normalized spacial score (nSPS) is 15.3. The summed E-state index contributed by atoms with van der Waals surface area (Å²) in [5.74, 6) is 1.33. The summed E-state index contributed by atoms with van der Waals surface area (Å²) in [5, 5.41) is 2.00. The van der Waals surface area contributed by atoms with Gasteiger partial charge in [-0.3, -0.25) is 9.20 Å². The van der Waals surface area contributed by atoms with E-state index in [1.54, 1.807) is 12.1 Å². The van der Waals surface area contributed by atoms with Crippen LogP contribution >= 0.6 is 11.3 Å². The molecule has 2 aromatic carbocycles. The maximum absolute atomic E-state index is 13.6. The molecule has 174 valence electrons. The number of rotatable bonds is 6. The SMILES string of the molecule is O=C(Cc1csc2nc(-c3ccc(F)cc3)cn12)N(Cc1ccc2c(c1)OCO2)C1CCCC1. The summed E-state index contributed by atoms with van der Waals surface area (Å²) < 4.78 is 26.2. The van der Waals surface area contributed by atoms with Crippen LogP contribution in [0, 0.1) is 5.82 Å². The number of fused-ring (bicyclic) bond motifs is 2. The van der Waals surface area contributed by atoms with Crippen molar-refractivity contribution in [3.63, 3.8) is 0 Å². The third-order valence-electron chi connectivity index (χ3n) is 6.63. The summed E-state index contributed by atoms with van der Waals surface area (Å²) in [7, 11) is 0. The maximum Gasteiger partial charge on any atom is 0.231 e. The number of halogens is 1. The predicted octanol–water partition coefficient (Wildman–Crippen LogP) is 5.44. The molecule has 6 nitrogen and oxygen atoms in total. The Kier molecular flexibility index (Phi) is 5.45. The van der Waals surface area contributed by atoms with Crippen molar-refractivity contribution in [1.29, 1.82) is 0 Å². The molecule has 6 rings (SSSR count). The van der Waals surface area contributed by atoms with Crippen LogP contribution in [0.5, 0.6) is 11.5 Å². The van der Waals surface area contributed by atoms with Gasteiger partial charge in [0.1, 0.15) is 5.82 Å². The summed E-state index contributed by atoms with van der Waals surface area (Å²) in [5.41, 5.74) is 3.58. The molecule has 0 radical (unpaired) electrons. The van der Waals surface area contributed by atoms with Crippen molar-refractivity contribution in [3.8, 4) is 22.8 Å². The van der Waals surface area contributed by atoms with E-state index >= 15 is 0 Å². The molecule has 1 saturated carbocycles. The average Bonchev–Trinajstić information content (AvgIpc) is 3.63. The number of carbonyl (C=O) groups excluding carboxylic acids is 1. The second kappa shape index (κ2) is 8.76. The second-order valence-electron chi connectivity index (χ2n) is 8.84. The van der Waals surface area contributed by atoms with Crippen LogP contribution in [0.1, 0.15) is 36.9 Å². The molecular weight excluding hydrogens is 453 g/mol. The molecule has 1 aliphatic heterocycles. The third-order valence-corrected chi connectivity index (χ3v) is 7.52. The van der Waals surface area contributed by atoms with Gasteiger partial charge < -0.3 is 14.4 Å². The standard InChI is InChI=1S/C26H24FN3O3S/c27-19-8-6-18(7-9-19)22-14-30-21(15-34-26(30)28-22)12-25(31)29(20-3-1-2-4-20)13-17-5-10-23-24(11-17)33-16-32-23/h5-11,14-15,20H,1-4,12-13,16H2. The van der Waals surface area contributed by atoms with E-state index in [1.807, 2.05) is 39.1 Å². The Morgan fingerprint density at radius 2 is 1.91 bits per heavy atom. The van der Waals surface area contributed by atoms with Crippen molar-refractivity contribution < 1.29 is 18.7 Å². The molecule has 3 heterocycles. The van der Waals surface area contributed by atoms with Gasteiger partial charge in [-0.05, 0) is 54.8 Å². The van der Waals surface area contributed by atoms with Crippen LogP contribution < -0.4 is 9.47 Å². The largest absolute Gasteiger partial charge is 0.454 e. The number of thiazole rings is 1. The van der Waals surface area contributed by atoms with Crippen molar-refractivity contribution >= 4 is 22.2 Å². The van der Waals surface area contributed by atoms with Gasteiger partial charge in [-0.1, -0.05) is 18.9 Å². The third kappa shape index (κ3) is 4.03. The van der Waals surface area contributed by atoms with Gasteiger partial charge in [0.05, 0.1) is 12.1 Å². The number of hydrogen-bond donors (Lipinski definition) is 0. The Bertz CT molecular complexity index is 1340. The summed E-state index contributed by atoms with van der Waals surface area (Å²) in [6.07, 6.45) is 6.62. The van der Waals surface area contributed by atoms with E-state index in [-0.39, 0.29) is 24.6 Å². The fourth-order valence-electron chi connectivity index (χ4n) is 4.85. The van der Waals surface area contributed by atoms with Gasteiger partial charge in [-0.2, -0.15) is 0 Å². The van der Waals surface area contributed by atoms with Gasteiger partial charge in [-0.25, -0.2) is 9.37 Å². The number of aromatic nitrogens is 2. The minimum Gasteiger partial charge on any atom is -0.454 e. The van der Waals surface area contributed by atoms with E-state index in [0.29, 0.717) is 13.0 Å². The summed E-state index contributed by atoms with van der Waals surface area (Å²) in [6, 6.07) is 12.5. The maximum atomic E-state index is 13.6. The van der Waals surface area contributed by atoms with Crippen LogP contribution in [0.2, 0.25) is 0 Å². The minimum absolute atomic E-state index is 0.112. The number of nitrogens with zero attached hydrogens (tertiary/aromatic N) is 3. The molecule has 2 aliphatic rings. The highest BCUT2D eigenvalue weighted by molar-refractivity contribution is 7.15. The number of benzene rings is 2. The molecule has 0 atom stereocenters. The first-order chi connectivity index (χ1) is 16.6. The van der Waals surface area contributed by atoms with Gasteiger partial charge in [-0.15, -0.1) is 11.3 Å². The van der Waals surface area contributed by atoms with Crippen LogP contribution in [0.15, 0.2) is 54.0 Å². The summed E-state index contributed by atoms with van der Waals surface area (Å²) in [4.78, 5) is 21.1. The van der Waals surface area contributed by atoms with Gasteiger partial charge in [0, 0.05) is 35.4 Å². The van der Waals surface area contributed by atoms with Crippen LogP contribution in [0.25, 0.3) is 16.2 Å². The smallest absolute Gasteiger partial charge is 0.231 e. The van der Waals surface area contributed by atoms with Crippen LogP contribution in [0.3, 0.4) is 0 Å². The lowest BCUT2D eigenvalue weighted by Crippen LogP contribution is -2.39. The molecule has 1 fully saturated rings. The molecule has 0 N–H and O–H groups in total. The first-order valence-corrected chi connectivity index (χ1v) is 12.4. The van der Waals surface area contributed by atoms with E-state index in [2.05, 4.69) is 4.98 Å². The Morgan fingerprint density at radius 3 is 2.74 bits per heavy atom. The highest BCUT2D eigenvalue weighted by Gasteiger charge is 2.28. The fraction of sp³-hybridized carbons (Fsp3) is 0.308. The highest BCUT2D eigenvalue weighted by atomic mass is 32.1. The van der Waals surface area contributed by atoms with Crippen molar-refractivity contribution in [2.45, 2.75) is 44.7 Å². The Morgan fingerprint density at radius 1 is 1.12 bits per heavy atom. The number of carbonyl (C=O) groups is 1. The second-order valence-corrected chi connectivity index (χ2v) is 9.67. The number of hydrogen-bond acceptors (Lipinski definition) is 5. The Balaban J connectivity index is 1.25. The topological polar surface area (TPSA) is 56.1 Å². The van der Waals surface area contributed by atoms with E-state index < -0.39 is 0 Å². The molecule has 4 aromatic rings. The molecule has 0 unspecified atom stereocenters. The van der Waals surface area contributed by atoms with E-state index in [1.165, 1.54) is 23.5 Å². The monoisotopic (exact) mass is 477 g/mol. The van der Waals surface area contributed by atoms with Gasteiger partial charge in [0.25, 0.3) is 0 Å². The zero-order valence-corrected chi connectivity index (χ0v) is 19.4. The number of imidazole rings is 1. The zero-order chi connectivity index (χ0) is 23.1. The summed E-state index contributed by atoms with van der Waals surface area (Å²) in [6.45, 7) is 0.793. The zero-order valence-electron chi connectivity index (χ0n) is 18.6. The van der Waals surface area contributed by atoms with Crippen LogP contribution in [-0.2, 0) is 17.8 Å². The molecule has 8 heteroatoms. The lowest BCUT2D eigenvalue weighted by Gasteiger charge is -2.29. The van der Waals surface area contributed by atoms with Crippen LogP contribution in [-0.4, -0.2) is 33.0 Å². The van der Waals surface area contributed by atoms with Crippen molar-refractivity contribution in [2.24, 2.45) is 0 Å². The predicted molar refractivity (Wildman–Crippen MR) is 128 cm³/mol. The molecule has 34 heavy (non-hydrogen) atoms. The lowest BCUT2D eigenvalue weighted by atomic mass is 10.1. The molecule has 2 aromatic heterocycles. The quantitative estimate of drug-likeness (QED) is 0.371. The highest BCUT2D eigenvalue weighted by Crippen LogP contribution is 2.34. The molecular formula is C26H24FN3O3S. The Labute approximate surface area is 200 Å². The van der Waals surface area contributed by atoms with Gasteiger partial charge in [0.15, 0.2) is 16.5 Å². The van der Waals surface area contributed by atoms with E-state index in [9.17, 15) is 9.18 Å². The van der Waals surface area contributed by atoms with E-state index in [4.69, 9.17) is 9.47 Å². The Hall–Kier alpha value is -3.39.